The van der Waals surface area contributed by atoms with Crippen LogP contribution < -0.4 is 14.4 Å². The molecule has 0 fully saturated rings. The lowest BCUT2D eigenvalue weighted by molar-refractivity contribution is 0.316. The van der Waals surface area contributed by atoms with Crippen molar-refractivity contribution in [2.45, 2.75) is 24.2 Å². The van der Waals surface area contributed by atoms with E-state index in [4.69, 9.17) is 4.74 Å². The minimum Gasteiger partial charge on any atom is -0.489 e. The molecule has 6 heteroatoms. The van der Waals surface area contributed by atoms with Gasteiger partial charge >= 0.3 is 0 Å². The van der Waals surface area contributed by atoms with Crippen LogP contribution in [0.1, 0.15) is 17.5 Å². The van der Waals surface area contributed by atoms with Crippen molar-refractivity contribution in [2.24, 2.45) is 0 Å². The number of anilines is 1. The van der Waals surface area contributed by atoms with E-state index in [9.17, 15) is 4.21 Å². The van der Waals surface area contributed by atoms with Gasteiger partial charge in [-0.25, -0.2) is 4.21 Å². The molecule has 0 spiro atoms. The Bertz CT molecular complexity index is 1560. The van der Waals surface area contributed by atoms with Crippen LogP contribution in [0.25, 0.3) is 21.7 Å². The second-order valence-corrected chi connectivity index (χ2v) is 10.9. The van der Waals surface area contributed by atoms with Gasteiger partial charge in [0.25, 0.3) is 0 Å². The van der Waals surface area contributed by atoms with Gasteiger partial charge in [-0.2, -0.15) is 0 Å². The molecule has 0 aliphatic carbocycles. The number of nitrogens with one attached hydrogen (secondary N) is 2. The van der Waals surface area contributed by atoms with Crippen molar-refractivity contribution >= 4 is 38.3 Å². The summed E-state index contributed by atoms with van der Waals surface area (Å²) in [5, 5.41) is 7.16. The maximum absolute atomic E-state index is 13.6. The van der Waals surface area contributed by atoms with Gasteiger partial charge in [0.05, 0.1) is 17.1 Å². The lowest BCUT2D eigenvalue weighted by atomic mass is 10.1. The van der Waals surface area contributed by atoms with Gasteiger partial charge in [-0.05, 0) is 84.6 Å². The molecule has 2 N–H and O–H groups in total. The van der Waals surface area contributed by atoms with E-state index in [1.807, 2.05) is 40.7 Å². The van der Waals surface area contributed by atoms with Gasteiger partial charge in [0.1, 0.15) is 12.4 Å². The average Bonchev–Trinajstić information content (AvgIpc) is 3.37. The molecule has 0 amide bonds. The van der Waals surface area contributed by atoms with E-state index in [1.54, 1.807) is 0 Å². The van der Waals surface area contributed by atoms with Crippen LogP contribution in [0.5, 0.6) is 5.75 Å². The van der Waals surface area contributed by atoms with Gasteiger partial charge in [0, 0.05) is 17.1 Å². The Morgan fingerprint density at radius 2 is 1.76 bits per heavy atom. The Morgan fingerprint density at radius 3 is 2.70 bits per heavy atom. The Labute approximate surface area is 220 Å². The summed E-state index contributed by atoms with van der Waals surface area (Å²) in [7, 11) is -1.29. The first-order chi connectivity index (χ1) is 18.3. The van der Waals surface area contributed by atoms with Gasteiger partial charge in [-0.3, -0.25) is 4.31 Å². The van der Waals surface area contributed by atoms with Crippen molar-refractivity contribution in [1.29, 1.82) is 0 Å². The van der Waals surface area contributed by atoms with Crippen LogP contribution in [-0.2, 0) is 23.8 Å². The monoisotopic (exact) mass is 509 g/mol. The summed E-state index contributed by atoms with van der Waals surface area (Å²) in [6.07, 6.45) is 5.13. The van der Waals surface area contributed by atoms with Crippen molar-refractivity contribution in [3.8, 4) is 5.75 Å². The van der Waals surface area contributed by atoms with Gasteiger partial charge in [0.15, 0.2) is 11.0 Å². The molecular formula is C31H31N3O2S. The highest BCUT2D eigenvalue weighted by molar-refractivity contribution is 7.86. The van der Waals surface area contributed by atoms with E-state index >= 15 is 0 Å². The second-order valence-electron chi connectivity index (χ2n) is 9.47. The van der Waals surface area contributed by atoms with E-state index in [2.05, 4.69) is 65.0 Å². The molecule has 0 bridgehead atoms. The summed E-state index contributed by atoms with van der Waals surface area (Å²) in [6.45, 7) is 3.05. The molecule has 1 aliphatic rings. The number of ether oxygens (including phenoxy) is 1. The molecule has 0 radical (unpaired) electrons. The smallest absolute Gasteiger partial charge is 0.153 e. The lowest BCUT2D eigenvalue weighted by Crippen LogP contribution is -2.34. The number of rotatable bonds is 9. The molecule has 1 unspecified atom stereocenters. The van der Waals surface area contributed by atoms with Crippen molar-refractivity contribution in [3.63, 3.8) is 0 Å². The molecule has 5 aromatic rings. The van der Waals surface area contributed by atoms with Gasteiger partial charge in [0.2, 0.25) is 0 Å². The predicted molar refractivity (Wildman–Crippen MR) is 153 cm³/mol. The number of aromatic nitrogens is 1. The number of aromatic amines is 1. The van der Waals surface area contributed by atoms with E-state index < -0.39 is 11.0 Å². The molecule has 1 atom stereocenters. The first kappa shape index (κ1) is 23.8. The van der Waals surface area contributed by atoms with Crippen LogP contribution >= 0.6 is 0 Å². The van der Waals surface area contributed by atoms with Crippen molar-refractivity contribution in [3.05, 3.63) is 102 Å². The third-order valence-corrected chi connectivity index (χ3v) is 8.47. The maximum atomic E-state index is 13.6. The molecular weight excluding hydrogens is 478 g/mol. The molecule has 188 valence electrons. The number of para-hydroxylation sites is 1. The zero-order chi connectivity index (χ0) is 25.0. The first-order valence-electron chi connectivity index (χ1n) is 13.0. The summed E-state index contributed by atoms with van der Waals surface area (Å²) in [6, 6.07) is 29.0. The van der Waals surface area contributed by atoms with Crippen LogP contribution in [-0.4, -0.2) is 35.4 Å². The SMILES string of the molecule is O=S(c1ccc2ccccc2c1)N1CCOc2ccc(CCCNCCc3c[nH]c4ccccc34)cc21. The van der Waals surface area contributed by atoms with E-state index in [-0.39, 0.29) is 0 Å². The second kappa shape index (κ2) is 10.8. The Balaban J connectivity index is 1.07. The van der Waals surface area contributed by atoms with Crippen LogP contribution in [0.4, 0.5) is 5.69 Å². The highest BCUT2D eigenvalue weighted by atomic mass is 32.2. The predicted octanol–water partition coefficient (Wildman–Crippen LogP) is 6.01. The van der Waals surface area contributed by atoms with E-state index in [1.165, 1.54) is 22.0 Å². The number of H-pyrrole nitrogens is 1. The summed E-state index contributed by atoms with van der Waals surface area (Å²) in [5.74, 6) is 0.806. The molecule has 6 rings (SSSR count). The average molecular weight is 510 g/mol. The number of nitrogens with zero attached hydrogens (tertiary/aromatic N) is 1. The highest BCUT2D eigenvalue weighted by Gasteiger charge is 2.24. The fourth-order valence-corrected chi connectivity index (χ4v) is 6.30. The van der Waals surface area contributed by atoms with Gasteiger partial charge in [-0.15, -0.1) is 0 Å². The zero-order valence-electron chi connectivity index (χ0n) is 20.8. The normalized spacial score (nSPS) is 14.0. The third-order valence-electron chi connectivity index (χ3n) is 7.03. The Kier molecular flexibility index (Phi) is 6.93. The largest absolute Gasteiger partial charge is 0.489 e. The number of hydrogen-bond donors (Lipinski definition) is 2. The number of benzene rings is 4. The molecule has 0 saturated carbocycles. The number of hydrogen-bond acceptors (Lipinski definition) is 3. The van der Waals surface area contributed by atoms with Gasteiger partial charge < -0.3 is 15.0 Å². The van der Waals surface area contributed by atoms with Gasteiger partial charge in [-0.1, -0.05) is 54.6 Å². The van der Waals surface area contributed by atoms with Crippen molar-refractivity contribution in [1.82, 2.24) is 10.3 Å². The van der Waals surface area contributed by atoms with Crippen molar-refractivity contribution in [2.75, 3.05) is 30.5 Å². The van der Waals surface area contributed by atoms with E-state index in [0.29, 0.717) is 13.2 Å². The fraction of sp³-hybridized carbons (Fsp3) is 0.226. The molecule has 4 aromatic carbocycles. The topological polar surface area (TPSA) is 57.4 Å². The summed E-state index contributed by atoms with van der Waals surface area (Å²) in [5.41, 5.74) is 4.72. The molecule has 2 heterocycles. The maximum Gasteiger partial charge on any atom is 0.153 e. The van der Waals surface area contributed by atoms with Crippen LogP contribution in [0.3, 0.4) is 0 Å². The van der Waals surface area contributed by atoms with Crippen molar-refractivity contribution < 1.29 is 8.95 Å². The Hall–Kier alpha value is -3.61. The highest BCUT2D eigenvalue weighted by Crippen LogP contribution is 2.35. The summed E-state index contributed by atoms with van der Waals surface area (Å²) in [4.78, 5) is 4.17. The minimum atomic E-state index is -1.29. The molecule has 1 aromatic heterocycles. The minimum absolute atomic E-state index is 0.534. The fourth-order valence-electron chi connectivity index (χ4n) is 5.07. The Morgan fingerprint density at radius 1 is 0.892 bits per heavy atom. The molecule has 37 heavy (non-hydrogen) atoms. The zero-order valence-corrected chi connectivity index (χ0v) is 21.6. The van der Waals surface area contributed by atoms with Crippen LogP contribution in [0, 0.1) is 0 Å². The summed E-state index contributed by atoms with van der Waals surface area (Å²) >= 11 is 0. The molecule has 1 aliphatic heterocycles. The van der Waals surface area contributed by atoms with Crippen LogP contribution in [0.15, 0.2) is 96.0 Å². The number of fused-ring (bicyclic) bond motifs is 3. The first-order valence-corrected chi connectivity index (χ1v) is 14.1. The third kappa shape index (κ3) is 5.13. The summed E-state index contributed by atoms with van der Waals surface area (Å²) < 4.78 is 21.5. The van der Waals surface area contributed by atoms with E-state index in [0.717, 1.165) is 59.5 Å². The quantitative estimate of drug-likeness (QED) is 0.239. The lowest BCUT2D eigenvalue weighted by Gasteiger charge is -2.30. The standard InChI is InChI=1S/C31H31N3O2S/c35-37(27-13-12-24-7-1-2-8-25(24)21-27)34-18-19-36-31-14-11-23(20-30(31)34)6-5-16-32-17-15-26-22-33-29-10-4-3-9-28(26)29/h1-4,7-14,20-22,32-33H,5-6,15-19H2. The molecule has 5 nitrogen and oxygen atoms in total. The number of aryl methyl sites for hydroxylation is 1. The van der Waals surface area contributed by atoms with Crippen LogP contribution in [0.2, 0.25) is 0 Å². The molecule has 0 saturated heterocycles.